The zero-order chi connectivity index (χ0) is 12.4. The van der Waals surface area contributed by atoms with Gasteiger partial charge in [-0.3, -0.25) is 4.98 Å². The van der Waals surface area contributed by atoms with Gasteiger partial charge in [-0.25, -0.2) is 9.18 Å². The van der Waals surface area contributed by atoms with Gasteiger partial charge >= 0.3 is 5.97 Å². The van der Waals surface area contributed by atoms with Gasteiger partial charge in [0.1, 0.15) is 11.6 Å². The number of phenolic OH excluding ortho intramolecular Hbond substituents is 1. The van der Waals surface area contributed by atoms with Gasteiger partial charge in [-0.15, -0.1) is 0 Å². The van der Waals surface area contributed by atoms with Crippen molar-refractivity contribution >= 4 is 5.97 Å². The molecule has 0 aliphatic rings. The monoisotopic (exact) mass is 233 g/mol. The van der Waals surface area contributed by atoms with E-state index in [1.54, 1.807) is 0 Å². The molecule has 0 aliphatic carbocycles. The molecule has 17 heavy (non-hydrogen) atoms. The lowest BCUT2D eigenvalue weighted by atomic mass is 10.0. The smallest absolute Gasteiger partial charge is 0.337 e. The molecule has 0 atom stereocenters. The summed E-state index contributed by atoms with van der Waals surface area (Å²) in [5.41, 5.74) is 0.760. The standard InChI is InChI=1S/C12H8FNO3/c13-9-1-2-10(11(15)4-9)7-3-8(12(16)17)6-14-5-7/h1-6,15H,(H,16,17). The summed E-state index contributed by atoms with van der Waals surface area (Å²) in [7, 11) is 0. The molecule has 0 saturated heterocycles. The molecule has 0 saturated carbocycles. The number of benzene rings is 1. The number of aromatic hydroxyl groups is 1. The van der Waals surface area contributed by atoms with Crippen LogP contribution in [0.3, 0.4) is 0 Å². The summed E-state index contributed by atoms with van der Waals surface area (Å²) in [6, 6.07) is 4.88. The minimum absolute atomic E-state index is 0.00576. The Kier molecular flexibility index (Phi) is 2.74. The second kappa shape index (κ2) is 4.21. The highest BCUT2D eigenvalue weighted by molar-refractivity contribution is 5.89. The van der Waals surface area contributed by atoms with Gasteiger partial charge in [0, 0.05) is 29.6 Å². The van der Waals surface area contributed by atoms with Crippen molar-refractivity contribution in [2.24, 2.45) is 0 Å². The molecule has 5 heteroatoms. The summed E-state index contributed by atoms with van der Waals surface area (Å²) in [5, 5.41) is 18.4. The first-order chi connectivity index (χ1) is 8.08. The summed E-state index contributed by atoms with van der Waals surface area (Å²) >= 11 is 0. The first-order valence-electron chi connectivity index (χ1n) is 4.75. The first-order valence-corrected chi connectivity index (χ1v) is 4.75. The van der Waals surface area contributed by atoms with Crippen molar-refractivity contribution in [1.82, 2.24) is 4.98 Å². The first kappa shape index (κ1) is 11.1. The fourth-order valence-electron chi connectivity index (χ4n) is 1.45. The molecule has 0 bridgehead atoms. The number of phenols is 1. The van der Waals surface area contributed by atoms with E-state index in [0.717, 1.165) is 6.07 Å². The number of carboxylic acid groups (broad SMARTS) is 1. The van der Waals surface area contributed by atoms with E-state index in [-0.39, 0.29) is 11.3 Å². The molecule has 0 spiro atoms. The van der Waals surface area contributed by atoms with Gasteiger partial charge in [-0.2, -0.15) is 0 Å². The minimum atomic E-state index is -1.11. The van der Waals surface area contributed by atoms with Crippen LogP contribution in [0.4, 0.5) is 4.39 Å². The van der Waals surface area contributed by atoms with Crippen LogP contribution in [0.15, 0.2) is 36.7 Å². The minimum Gasteiger partial charge on any atom is -0.507 e. The van der Waals surface area contributed by atoms with Crippen LogP contribution in [0, 0.1) is 5.82 Å². The van der Waals surface area contributed by atoms with Crippen LogP contribution < -0.4 is 0 Å². The number of aromatic carboxylic acids is 1. The van der Waals surface area contributed by atoms with Crippen molar-refractivity contribution in [2.45, 2.75) is 0 Å². The van der Waals surface area contributed by atoms with Gasteiger partial charge in [0.25, 0.3) is 0 Å². The lowest BCUT2D eigenvalue weighted by Crippen LogP contribution is -1.97. The highest BCUT2D eigenvalue weighted by Crippen LogP contribution is 2.29. The van der Waals surface area contributed by atoms with E-state index in [9.17, 15) is 14.3 Å². The number of aromatic nitrogens is 1. The Labute approximate surface area is 96.0 Å². The Morgan fingerprint density at radius 1 is 1.24 bits per heavy atom. The van der Waals surface area contributed by atoms with E-state index in [4.69, 9.17) is 5.11 Å². The highest BCUT2D eigenvalue weighted by Gasteiger charge is 2.09. The number of carboxylic acids is 1. The number of halogens is 1. The number of hydrogen-bond acceptors (Lipinski definition) is 3. The molecule has 0 radical (unpaired) electrons. The summed E-state index contributed by atoms with van der Waals surface area (Å²) in [6.45, 7) is 0. The van der Waals surface area contributed by atoms with Gasteiger partial charge < -0.3 is 10.2 Å². The Bertz CT molecular complexity index is 584. The molecule has 2 aromatic rings. The van der Waals surface area contributed by atoms with Crippen molar-refractivity contribution < 1.29 is 19.4 Å². The van der Waals surface area contributed by atoms with Crippen LogP contribution in [0.2, 0.25) is 0 Å². The summed E-state index contributed by atoms with van der Waals surface area (Å²) in [6.07, 6.45) is 2.60. The molecular weight excluding hydrogens is 225 g/mol. The van der Waals surface area contributed by atoms with Crippen LogP contribution >= 0.6 is 0 Å². The average molecular weight is 233 g/mol. The highest BCUT2D eigenvalue weighted by atomic mass is 19.1. The number of nitrogens with zero attached hydrogens (tertiary/aromatic N) is 1. The molecule has 1 heterocycles. The maximum absolute atomic E-state index is 12.8. The van der Waals surface area contributed by atoms with Crippen LogP contribution in [0.5, 0.6) is 5.75 Å². The predicted octanol–water partition coefficient (Wildman–Crippen LogP) is 2.29. The SMILES string of the molecule is O=C(O)c1cncc(-c2ccc(F)cc2O)c1. The quantitative estimate of drug-likeness (QED) is 0.834. The molecule has 0 amide bonds. The molecule has 4 nitrogen and oxygen atoms in total. The van der Waals surface area contributed by atoms with E-state index in [2.05, 4.69) is 4.98 Å². The lowest BCUT2D eigenvalue weighted by molar-refractivity contribution is 0.0696. The van der Waals surface area contributed by atoms with Gasteiger partial charge in [-0.1, -0.05) is 0 Å². The molecule has 0 aliphatic heterocycles. The van der Waals surface area contributed by atoms with E-state index >= 15 is 0 Å². The Hall–Kier alpha value is -2.43. The molecule has 0 unspecified atom stereocenters. The number of rotatable bonds is 2. The number of hydrogen-bond donors (Lipinski definition) is 2. The van der Waals surface area contributed by atoms with Crippen LogP contribution in [0.25, 0.3) is 11.1 Å². The Balaban J connectivity index is 2.53. The van der Waals surface area contributed by atoms with Gasteiger partial charge in [0.05, 0.1) is 5.56 Å². The maximum atomic E-state index is 12.8. The average Bonchev–Trinajstić information content (AvgIpc) is 2.29. The normalized spacial score (nSPS) is 10.2. The third kappa shape index (κ3) is 2.23. The summed E-state index contributed by atoms with van der Waals surface area (Å²) < 4.78 is 12.8. The Morgan fingerprint density at radius 3 is 2.65 bits per heavy atom. The molecule has 2 rings (SSSR count). The molecule has 1 aromatic carbocycles. The summed E-state index contributed by atoms with van der Waals surface area (Å²) in [4.78, 5) is 14.5. The topological polar surface area (TPSA) is 70.4 Å². The third-order valence-corrected chi connectivity index (χ3v) is 2.26. The zero-order valence-corrected chi connectivity index (χ0v) is 8.59. The van der Waals surface area contributed by atoms with Crippen molar-refractivity contribution in [3.63, 3.8) is 0 Å². The Morgan fingerprint density at radius 2 is 2.00 bits per heavy atom. The second-order valence-corrected chi connectivity index (χ2v) is 3.43. The maximum Gasteiger partial charge on any atom is 0.337 e. The van der Waals surface area contributed by atoms with Crippen molar-refractivity contribution in [2.75, 3.05) is 0 Å². The number of carbonyl (C=O) groups is 1. The second-order valence-electron chi connectivity index (χ2n) is 3.43. The van der Waals surface area contributed by atoms with Crippen LogP contribution in [-0.4, -0.2) is 21.2 Å². The van der Waals surface area contributed by atoms with Gasteiger partial charge in [0.15, 0.2) is 0 Å². The fourth-order valence-corrected chi connectivity index (χ4v) is 1.45. The summed E-state index contributed by atoms with van der Waals surface area (Å²) in [5.74, 6) is -1.93. The van der Waals surface area contributed by atoms with E-state index < -0.39 is 11.8 Å². The number of pyridine rings is 1. The fraction of sp³-hybridized carbons (Fsp3) is 0. The molecule has 0 fully saturated rings. The van der Waals surface area contributed by atoms with E-state index in [1.807, 2.05) is 0 Å². The van der Waals surface area contributed by atoms with Crippen LogP contribution in [-0.2, 0) is 0 Å². The van der Waals surface area contributed by atoms with Gasteiger partial charge in [0.2, 0.25) is 0 Å². The lowest BCUT2D eigenvalue weighted by Gasteiger charge is -2.05. The molecule has 86 valence electrons. The third-order valence-electron chi connectivity index (χ3n) is 2.26. The molecular formula is C12H8FNO3. The van der Waals surface area contributed by atoms with Crippen molar-refractivity contribution in [3.8, 4) is 16.9 Å². The van der Waals surface area contributed by atoms with Gasteiger partial charge in [-0.05, 0) is 18.2 Å². The van der Waals surface area contributed by atoms with E-state index in [1.165, 1.54) is 30.6 Å². The molecule has 1 aromatic heterocycles. The molecule has 2 N–H and O–H groups in total. The van der Waals surface area contributed by atoms with Crippen molar-refractivity contribution in [1.29, 1.82) is 0 Å². The largest absolute Gasteiger partial charge is 0.507 e. The van der Waals surface area contributed by atoms with Crippen LogP contribution in [0.1, 0.15) is 10.4 Å². The predicted molar refractivity (Wildman–Crippen MR) is 58.3 cm³/mol. The zero-order valence-electron chi connectivity index (χ0n) is 8.59. The van der Waals surface area contributed by atoms with E-state index in [0.29, 0.717) is 11.1 Å². The van der Waals surface area contributed by atoms with Crippen molar-refractivity contribution in [3.05, 3.63) is 48.0 Å².